The van der Waals surface area contributed by atoms with Gasteiger partial charge in [-0.15, -0.1) is 0 Å². The minimum absolute atomic E-state index is 1.14. The Kier molecular flexibility index (Phi) is 1.65. The predicted octanol–water partition coefficient (Wildman–Crippen LogP) is 0.378. The van der Waals surface area contributed by atoms with Crippen molar-refractivity contribution in [1.82, 2.24) is 10.4 Å². The van der Waals surface area contributed by atoms with E-state index in [0.29, 0.717) is 0 Å². The number of nitrogens with one attached hydrogen (secondary N) is 1. The molecule has 1 aliphatic rings. The van der Waals surface area contributed by atoms with Crippen LogP contribution in [0.15, 0.2) is 0 Å². The van der Waals surface area contributed by atoms with Crippen LogP contribution in [0.4, 0.5) is 0 Å². The molecule has 0 unspecified atom stereocenters. The molecule has 1 aliphatic heterocycles. The van der Waals surface area contributed by atoms with Crippen LogP contribution in [-0.2, 0) is 0 Å². The van der Waals surface area contributed by atoms with Gasteiger partial charge in [0, 0.05) is 19.6 Å². The topological polar surface area (TPSA) is 15.3 Å². The Morgan fingerprint density at radius 1 is 1.71 bits per heavy atom. The van der Waals surface area contributed by atoms with Crippen molar-refractivity contribution in [2.24, 2.45) is 0 Å². The van der Waals surface area contributed by atoms with E-state index in [9.17, 15) is 0 Å². The number of rotatable bonds is 1. The van der Waals surface area contributed by atoms with Crippen LogP contribution >= 0.6 is 0 Å². The predicted molar refractivity (Wildman–Crippen MR) is 29.3 cm³/mol. The molecule has 2 nitrogen and oxygen atoms in total. The van der Waals surface area contributed by atoms with E-state index in [2.05, 4.69) is 17.0 Å². The van der Waals surface area contributed by atoms with E-state index in [1.54, 1.807) is 0 Å². The van der Waals surface area contributed by atoms with E-state index in [1.807, 2.05) is 6.92 Å². The van der Waals surface area contributed by atoms with Gasteiger partial charge in [0.2, 0.25) is 0 Å². The smallest absolute Gasteiger partial charge is 0.0382 e. The molecule has 1 fully saturated rings. The Morgan fingerprint density at radius 2 is 2.57 bits per heavy atom. The van der Waals surface area contributed by atoms with Gasteiger partial charge in [-0.2, -0.15) is 0 Å². The second-order valence-electron chi connectivity index (χ2n) is 1.71. The van der Waals surface area contributed by atoms with Gasteiger partial charge in [0.05, 0.1) is 0 Å². The molecule has 0 aromatic carbocycles. The summed E-state index contributed by atoms with van der Waals surface area (Å²) in [5.74, 6) is 0. The zero-order valence-corrected chi connectivity index (χ0v) is 4.65. The second-order valence-corrected chi connectivity index (χ2v) is 1.71. The summed E-state index contributed by atoms with van der Waals surface area (Å²) in [5, 5.41) is 2.11. The maximum absolute atomic E-state index is 3.18. The third-order valence-corrected chi connectivity index (χ3v) is 1.20. The molecule has 1 radical (unpaired) electrons. The molecular weight excluding hydrogens is 88.1 g/mol. The Bertz CT molecular complexity index is 48.0. The van der Waals surface area contributed by atoms with Crippen molar-refractivity contribution in [3.8, 4) is 0 Å². The first-order valence-electron chi connectivity index (χ1n) is 2.73. The summed E-state index contributed by atoms with van der Waals surface area (Å²) in [5.41, 5.74) is 3.18. The average molecular weight is 99.2 g/mol. The lowest BCUT2D eigenvalue weighted by molar-refractivity contribution is 0.319. The Hall–Kier alpha value is -0.0800. The lowest BCUT2D eigenvalue weighted by atomic mass is 10.5. The molecule has 0 aromatic rings. The number of hydrogen-bond donors (Lipinski definition) is 1. The SMILES string of the molecule is C[CH]N1CCCN1. The molecule has 41 valence electrons. The monoisotopic (exact) mass is 99.1 g/mol. The minimum atomic E-state index is 1.14. The number of hydrazine groups is 1. The first-order chi connectivity index (χ1) is 3.43. The summed E-state index contributed by atoms with van der Waals surface area (Å²) in [6, 6.07) is 0. The van der Waals surface area contributed by atoms with Crippen LogP contribution < -0.4 is 5.43 Å². The summed E-state index contributed by atoms with van der Waals surface area (Å²) >= 11 is 0. The largest absolute Gasteiger partial charge is 0.255 e. The molecule has 2 heteroatoms. The summed E-state index contributed by atoms with van der Waals surface area (Å²) in [4.78, 5) is 0. The molecule has 0 saturated carbocycles. The third kappa shape index (κ3) is 1.14. The number of hydrogen-bond acceptors (Lipinski definition) is 2. The highest BCUT2D eigenvalue weighted by atomic mass is 15.5. The highest BCUT2D eigenvalue weighted by molar-refractivity contribution is 4.65. The zero-order chi connectivity index (χ0) is 5.11. The highest BCUT2D eigenvalue weighted by Crippen LogP contribution is 1.95. The van der Waals surface area contributed by atoms with Gasteiger partial charge in [0.1, 0.15) is 0 Å². The fraction of sp³-hybridized carbons (Fsp3) is 0.800. The maximum Gasteiger partial charge on any atom is 0.0382 e. The van der Waals surface area contributed by atoms with Gasteiger partial charge in [-0.25, -0.2) is 5.01 Å². The standard InChI is InChI=1S/C5H11N2/c1-2-7-5-3-4-6-7/h2,6H,3-5H2,1H3. The van der Waals surface area contributed by atoms with Gasteiger partial charge in [-0.3, -0.25) is 5.43 Å². The molecule has 0 spiro atoms. The van der Waals surface area contributed by atoms with E-state index in [0.717, 1.165) is 6.54 Å². The van der Waals surface area contributed by atoms with Crippen molar-refractivity contribution in [3.05, 3.63) is 6.54 Å². The summed E-state index contributed by atoms with van der Waals surface area (Å²) in [6.45, 7) is 6.42. The van der Waals surface area contributed by atoms with Crippen LogP contribution in [0.3, 0.4) is 0 Å². The van der Waals surface area contributed by atoms with Crippen molar-refractivity contribution in [2.75, 3.05) is 13.1 Å². The molecule has 0 atom stereocenters. The van der Waals surface area contributed by atoms with Crippen molar-refractivity contribution >= 4 is 0 Å². The highest BCUT2D eigenvalue weighted by Gasteiger charge is 2.06. The summed E-state index contributed by atoms with van der Waals surface area (Å²) < 4.78 is 0. The van der Waals surface area contributed by atoms with Gasteiger partial charge in [-0.1, -0.05) is 0 Å². The second kappa shape index (κ2) is 2.28. The van der Waals surface area contributed by atoms with E-state index >= 15 is 0 Å². The van der Waals surface area contributed by atoms with Crippen LogP contribution in [0.5, 0.6) is 0 Å². The van der Waals surface area contributed by atoms with Gasteiger partial charge in [-0.05, 0) is 13.3 Å². The summed E-state index contributed by atoms with van der Waals surface area (Å²) in [6.07, 6.45) is 1.28. The first-order valence-corrected chi connectivity index (χ1v) is 2.73. The lowest BCUT2D eigenvalue weighted by Gasteiger charge is -2.08. The van der Waals surface area contributed by atoms with E-state index in [-0.39, 0.29) is 0 Å². The Labute approximate surface area is 44.5 Å². The van der Waals surface area contributed by atoms with Crippen LogP contribution in [-0.4, -0.2) is 18.1 Å². The molecule has 7 heavy (non-hydrogen) atoms. The van der Waals surface area contributed by atoms with Crippen molar-refractivity contribution < 1.29 is 0 Å². The fourth-order valence-corrected chi connectivity index (χ4v) is 0.772. The van der Waals surface area contributed by atoms with Crippen LogP contribution in [0, 0.1) is 6.54 Å². The van der Waals surface area contributed by atoms with Gasteiger partial charge in [0.15, 0.2) is 0 Å². The van der Waals surface area contributed by atoms with Crippen LogP contribution in [0.2, 0.25) is 0 Å². The normalized spacial score (nSPS) is 23.6. The first kappa shape index (κ1) is 5.06. The van der Waals surface area contributed by atoms with E-state index in [4.69, 9.17) is 0 Å². The van der Waals surface area contributed by atoms with E-state index in [1.165, 1.54) is 13.0 Å². The molecule has 1 heterocycles. The van der Waals surface area contributed by atoms with Crippen molar-refractivity contribution in [3.63, 3.8) is 0 Å². The summed E-state index contributed by atoms with van der Waals surface area (Å²) in [7, 11) is 0. The Morgan fingerprint density at radius 3 is 2.86 bits per heavy atom. The minimum Gasteiger partial charge on any atom is -0.255 e. The van der Waals surface area contributed by atoms with Gasteiger partial charge < -0.3 is 0 Å². The Balaban J connectivity index is 2.14. The van der Waals surface area contributed by atoms with Crippen molar-refractivity contribution in [2.45, 2.75) is 13.3 Å². The number of nitrogens with zero attached hydrogens (tertiary/aromatic N) is 1. The molecule has 0 aliphatic carbocycles. The molecule has 0 aromatic heterocycles. The lowest BCUT2D eigenvalue weighted by Crippen LogP contribution is -2.26. The molecule has 0 bridgehead atoms. The molecule has 1 N–H and O–H groups in total. The molecule has 0 amide bonds. The third-order valence-electron chi connectivity index (χ3n) is 1.20. The van der Waals surface area contributed by atoms with Crippen LogP contribution in [0.25, 0.3) is 0 Å². The van der Waals surface area contributed by atoms with Gasteiger partial charge in [0.25, 0.3) is 0 Å². The molecule has 1 saturated heterocycles. The zero-order valence-electron chi connectivity index (χ0n) is 4.65. The maximum atomic E-state index is 3.18. The fourth-order valence-electron chi connectivity index (χ4n) is 0.772. The molecule has 1 rings (SSSR count). The average Bonchev–Trinajstić information content (AvgIpc) is 2.14. The van der Waals surface area contributed by atoms with Crippen LogP contribution in [0.1, 0.15) is 13.3 Å². The molecular formula is C5H11N2. The van der Waals surface area contributed by atoms with E-state index < -0.39 is 0 Å². The quantitative estimate of drug-likeness (QED) is 0.511. The van der Waals surface area contributed by atoms with Gasteiger partial charge >= 0.3 is 0 Å². The van der Waals surface area contributed by atoms with Crippen molar-refractivity contribution in [1.29, 1.82) is 0 Å².